The summed E-state index contributed by atoms with van der Waals surface area (Å²) in [7, 11) is -3.43. The van der Waals surface area contributed by atoms with E-state index >= 15 is 0 Å². The molecule has 0 spiro atoms. The number of nitrogens with one attached hydrogen (secondary N) is 1. The van der Waals surface area contributed by atoms with Gasteiger partial charge in [-0.05, 0) is 36.8 Å². The normalized spacial score (nSPS) is 17.7. The van der Waals surface area contributed by atoms with Crippen LogP contribution in [0.5, 0.6) is 0 Å². The van der Waals surface area contributed by atoms with Crippen molar-refractivity contribution >= 4 is 15.9 Å². The van der Waals surface area contributed by atoms with Gasteiger partial charge in [0.05, 0.1) is 5.75 Å². The van der Waals surface area contributed by atoms with E-state index in [2.05, 4.69) is 5.32 Å². The maximum atomic E-state index is 12.8. The monoisotopic (exact) mass is 386 g/mol. The fraction of sp³-hybridized carbons (Fsp3) is 0.381. The molecule has 5 nitrogen and oxygen atoms in total. The number of benzene rings is 2. The first-order chi connectivity index (χ1) is 13.1. The van der Waals surface area contributed by atoms with Gasteiger partial charge in [0.2, 0.25) is 15.9 Å². The van der Waals surface area contributed by atoms with Gasteiger partial charge in [-0.25, -0.2) is 8.42 Å². The topological polar surface area (TPSA) is 66.5 Å². The SMILES string of the molecule is O=C(NCc1ccccc1)[C@@H]1CCCN1S(=O)(=O)CCCc1ccccc1. The summed E-state index contributed by atoms with van der Waals surface area (Å²) in [5, 5.41) is 2.88. The van der Waals surface area contributed by atoms with Crippen LogP contribution < -0.4 is 5.32 Å². The van der Waals surface area contributed by atoms with Gasteiger partial charge < -0.3 is 5.32 Å². The fourth-order valence-electron chi connectivity index (χ4n) is 3.46. The zero-order chi connectivity index (χ0) is 19.1. The van der Waals surface area contributed by atoms with E-state index in [9.17, 15) is 13.2 Å². The predicted octanol–water partition coefficient (Wildman–Crippen LogP) is 2.73. The summed E-state index contributed by atoms with van der Waals surface area (Å²) in [6.07, 6.45) is 2.58. The van der Waals surface area contributed by atoms with E-state index < -0.39 is 16.1 Å². The van der Waals surface area contributed by atoms with Crippen LogP contribution in [0.1, 0.15) is 30.4 Å². The average molecular weight is 387 g/mol. The summed E-state index contributed by atoms with van der Waals surface area (Å²) in [6.45, 7) is 0.842. The standard InChI is InChI=1S/C21H26N2O3S/c24-21(22-17-19-11-5-2-6-12-19)20-14-7-15-23(20)27(25,26)16-8-13-18-9-3-1-4-10-18/h1-6,9-12,20H,7-8,13-17H2,(H,22,24)/t20-/m0/s1. The lowest BCUT2D eigenvalue weighted by atomic mass is 10.1. The van der Waals surface area contributed by atoms with E-state index in [1.807, 2.05) is 60.7 Å². The zero-order valence-electron chi connectivity index (χ0n) is 15.4. The zero-order valence-corrected chi connectivity index (χ0v) is 16.2. The number of carbonyl (C=O) groups is 1. The lowest BCUT2D eigenvalue weighted by molar-refractivity contribution is -0.124. The van der Waals surface area contributed by atoms with Crippen LogP contribution in [0.3, 0.4) is 0 Å². The number of sulfonamides is 1. The Bertz CT molecular complexity index is 838. The van der Waals surface area contributed by atoms with Gasteiger partial charge >= 0.3 is 0 Å². The molecular weight excluding hydrogens is 360 g/mol. The number of nitrogens with zero attached hydrogens (tertiary/aromatic N) is 1. The Kier molecular flexibility index (Phi) is 6.63. The number of hydrogen-bond acceptors (Lipinski definition) is 3. The van der Waals surface area contributed by atoms with Gasteiger partial charge in [0.15, 0.2) is 0 Å². The molecule has 0 unspecified atom stereocenters. The maximum Gasteiger partial charge on any atom is 0.238 e. The van der Waals surface area contributed by atoms with E-state index in [0.717, 1.165) is 24.0 Å². The molecule has 1 fully saturated rings. The molecule has 6 heteroatoms. The van der Waals surface area contributed by atoms with Crippen molar-refractivity contribution < 1.29 is 13.2 Å². The van der Waals surface area contributed by atoms with Gasteiger partial charge in [-0.15, -0.1) is 0 Å². The van der Waals surface area contributed by atoms with Crippen LogP contribution in [0.2, 0.25) is 0 Å². The van der Waals surface area contributed by atoms with E-state index in [0.29, 0.717) is 25.9 Å². The molecule has 1 saturated heterocycles. The second kappa shape index (κ2) is 9.15. The summed E-state index contributed by atoms with van der Waals surface area (Å²) < 4.78 is 26.9. The first-order valence-electron chi connectivity index (χ1n) is 9.41. The second-order valence-electron chi connectivity index (χ2n) is 6.88. The first-order valence-corrected chi connectivity index (χ1v) is 11.0. The van der Waals surface area contributed by atoms with Crippen LogP contribution in [0.4, 0.5) is 0 Å². The Hall–Kier alpha value is -2.18. The molecule has 144 valence electrons. The largest absolute Gasteiger partial charge is 0.351 e. The second-order valence-corrected chi connectivity index (χ2v) is 8.92. The summed E-state index contributed by atoms with van der Waals surface area (Å²) in [5.41, 5.74) is 2.13. The first kappa shape index (κ1) is 19.6. The minimum Gasteiger partial charge on any atom is -0.351 e. The van der Waals surface area contributed by atoms with E-state index in [1.54, 1.807) is 0 Å². The van der Waals surface area contributed by atoms with Gasteiger partial charge in [-0.1, -0.05) is 60.7 Å². The molecule has 27 heavy (non-hydrogen) atoms. The number of aryl methyl sites for hydroxylation is 1. The molecule has 1 heterocycles. The molecule has 2 aromatic carbocycles. The minimum atomic E-state index is -3.43. The summed E-state index contributed by atoms with van der Waals surface area (Å²) in [5.74, 6) is -0.132. The maximum absolute atomic E-state index is 12.8. The van der Waals surface area contributed by atoms with Crippen molar-refractivity contribution in [2.45, 2.75) is 38.3 Å². The molecule has 1 N–H and O–H groups in total. The van der Waals surface area contributed by atoms with Crippen molar-refractivity contribution in [1.29, 1.82) is 0 Å². The highest BCUT2D eigenvalue weighted by molar-refractivity contribution is 7.89. The predicted molar refractivity (Wildman–Crippen MR) is 107 cm³/mol. The summed E-state index contributed by atoms with van der Waals surface area (Å²) in [4.78, 5) is 12.6. The Morgan fingerprint density at radius 3 is 2.30 bits per heavy atom. The van der Waals surface area contributed by atoms with E-state index in [4.69, 9.17) is 0 Å². The Morgan fingerprint density at radius 1 is 1.00 bits per heavy atom. The van der Waals surface area contributed by atoms with E-state index in [-0.39, 0.29) is 11.7 Å². The Balaban J connectivity index is 1.54. The molecule has 0 aliphatic carbocycles. The molecule has 0 bridgehead atoms. The Morgan fingerprint density at radius 2 is 1.63 bits per heavy atom. The fourth-order valence-corrected chi connectivity index (χ4v) is 5.20. The van der Waals surface area contributed by atoms with Crippen molar-refractivity contribution in [3.8, 4) is 0 Å². The van der Waals surface area contributed by atoms with Crippen molar-refractivity contribution in [3.63, 3.8) is 0 Å². The molecule has 1 aliphatic rings. The molecule has 3 rings (SSSR count). The molecule has 1 amide bonds. The van der Waals surface area contributed by atoms with Crippen molar-refractivity contribution in [2.24, 2.45) is 0 Å². The summed E-state index contributed by atoms with van der Waals surface area (Å²) >= 11 is 0. The van der Waals surface area contributed by atoms with Gasteiger partial charge in [0, 0.05) is 13.1 Å². The highest BCUT2D eigenvalue weighted by Crippen LogP contribution is 2.22. The Labute approximate surface area is 161 Å². The van der Waals surface area contributed by atoms with Crippen LogP contribution in [0, 0.1) is 0 Å². The lowest BCUT2D eigenvalue weighted by Gasteiger charge is -2.23. The average Bonchev–Trinajstić information content (AvgIpc) is 3.19. The van der Waals surface area contributed by atoms with Crippen molar-refractivity contribution in [2.75, 3.05) is 12.3 Å². The highest BCUT2D eigenvalue weighted by Gasteiger charge is 2.38. The van der Waals surface area contributed by atoms with Crippen LogP contribution in [-0.2, 0) is 27.8 Å². The van der Waals surface area contributed by atoms with Crippen molar-refractivity contribution in [3.05, 3.63) is 71.8 Å². The van der Waals surface area contributed by atoms with Gasteiger partial charge in [-0.3, -0.25) is 4.79 Å². The minimum absolute atomic E-state index is 0.0738. The van der Waals surface area contributed by atoms with Crippen LogP contribution in [0.15, 0.2) is 60.7 Å². The quantitative estimate of drug-likeness (QED) is 0.759. The number of amides is 1. The van der Waals surface area contributed by atoms with Gasteiger partial charge in [0.1, 0.15) is 6.04 Å². The molecule has 1 aliphatic heterocycles. The third kappa shape index (κ3) is 5.40. The number of hydrogen-bond donors (Lipinski definition) is 1. The molecular formula is C21H26N2O3S. The van der Waals surface area contributed by atoms with Gasteiger partial charge in [0.25, 0.3) is 0 Å². The highest BCUT2D eigenvalue weighted by atomic mass is 32.2. The molecule has 0 radical (unpaired) electrons. The third-order valence-corrected chi connectivity index (χ3v) is 6.84. The van der Waals surface area contributed by atoms with Gasteiger partial charge in [-0.2, -0.15) is 4.31 Å². The molecule has 2 aromatic rings. The van der Waals surface area contributed by atoms with Crippen molar-refractivity contribution in [1.82, 2.24) is 9.62 Å². The number of rotatable bonds is 8. The molecule has 1 atom stereocenters. The summed E-state index contributed by atoms with van der Waals surface area (Å²) in [6, 6.07) is 18.9. The number of carbonyl (C=O) groups excluding carboxylic acids is 1. The van der Waals surface area contributed by atoms with Crippen LogP contribution in [0.25, 0.3) is 0 Å². The molecule has 0 saturated carbocycles. The van der Waals surface area contributed by atoms with E-state index in [1.165, 1.54) is 4.31 Å². The molecule has 0 aromatic heterocycles. The lowest BCUT2D eigenvalue weighted by Crippen LogP contribution is -2.46. The van der Waals surface area contributed by atoms with Crippen LogP contribution in [-0.4, -0.2) is 37.0 Å². The third-order valence-electron chi connectivity index (χ3n) is 4.88. The van der Waals surface area contributed by atoms with Crippen LogP contribution >= 0.6 is 0 Å². The smallest absolute Gasteiger partial charge is 0.238 e.